The molecule has 4 N–H and O–H groups in total. The van der Waals surface area contributed by atoms with Crippen molar-refractivity contribution in [3.63, 3.8) is 0 Å². The summed E-state index contributed by atoms with van der Waals surface area (Å²) in [5.41, 5.74) is 5.99. The Morgan fingerprint density at radius 1 is 0.889 bits per heavy atom. The number of aromatic nitrogens is 2. The smallest absolute Gasteiger partial charge is 0.368 e. The average molecular weight is 507 g/mol. The van der Waals surface area contributed by atoms with Crippen molar-refractivity contribution >= 4 is 29.2 Å². The van der Waals surface area contributed by atoms with Crippen LogP contribution in [0.5, 0.6) is 0 Å². The standard InChI is InChI=1S/C23H22F5N7O/c24-17-6-5-16(11-18(17)25)31-22(36)30-15-3-1-14(2-4-15)13-34-7-9-35(10-8-34)20-12-19(23(26,27)28)32-21(29)33-20/h1-6,11-12H,7-10,13H2,(H2,29,32,33)(H2,30,31,36). The van der Waals surface area contributed by atoms with Crippen molar-refractivity contribution in [3.05, 3.63) is 71.4 Å². The molecule has 0 spiro atoms. The zero-order chi connectivity index (χ0) is 25.9. The molecule has 190 valence electrons. The Morgan fingerprint density at radius 3 is 2.17 bits per heavy atom. The average Bonchev–Trinajstić information content (AvgIpc) is 2.82. The van der Waals surface area contributed by atoms with Gasteiger partial charge in [-0.2, -0.15) is 18.2 Å². The summed E-state index contributed by atoms with van der Waals surface area (Å²) in [6.07, 6.45) is -4.60. The van der Waals surface area contributed by atoms with Crippen molar-refractivity contribution in [2.75, 3.05) is 47.4 Å². The molecule has 2 amide bonds. The van der Waals surface area contributed by atoms with Crippen molar-refractivity contribution in [2.24, 2.45) is 0 Å². The minimum absolute atomic E-state index is 0.112. The molecule has 1 aromatic heterocycles. The van der Waals surface area contributed by atoms with Crippen LogP contribution in [0.15, 0.2) is 48.5 Å². The van der Waals surface area contributed by atoms with Crippen molar-refractivity contribution in [1.29, 1.82) is 0 Å². The molecule has 3 aromatic rings. The van der Waals surface area contributed by atoms with Crippen LogP contribution in [0.4, 0.5) is 49.9 Å². The number of nitrogens with two attached hydrogens (primary N) is 1. The van der Waals surface area contributed by atoms with Gasteiger partial charge in [0, 0.05) is 56.2 Å². The van der Waals surface area contributed by atoms with Crippen molar-refractivity contribution in [2.45, 2.75) is 12.7 Å². The van der Waals surface area contributed by atoms with Gasteiger partial charge in [-0.05, 0) is 29.8 Å². The number of benzene rings is 2. The molecule has 0 unspecified atom stereocenters. The molecule has 8 nitrogen and oxygen atoms in total. The Hall–Kier alpha value is -4.00. The molecular formula is C23H22F5N7O. The van der Waals surface area contributed by atoms with E-state index < -0.39 is 35.5 Å². The van der Waals surface area contributed by atoms with Crippen LogP contribution in [0.3, 0.4) is 0 Å². The van der Waals surface area contributed by atoms with Crippen LogP contribution in [-0.2, 0) is 12.7 Å². The lowest BCUT2D eigenvalue weighted by atomic mass is 10.1. The highest BCUT2D eigenvalue weighted by Crippen LogP contribution is 2.30. The maximum atomic E-state index is 13.3. The molecule has 0 radical (unpaired) electrons. The van der Waals surface area contributed by atoms with Crippen LogP contribution in [0, 0.1) is 11.6 Å². The van der Waals surface area contributed by atoms with E-state index in [9.17, 15) is 26.7 Å². The van der Waals surface area contributed by atoms with E-state index in [-0.39, 0.29) is 11.5 Å². The second-order valence-electron chi connectivity index (χ2n) is 8.14. The molecule has 0 saturated carbocycles. The molecule has 36 heavy (non-hydrogen) atoms. The maximum absolute atomic E-state index is 13.3. The highest BCUT2D eigenvalue weighted by Gasteiger charge is 2.34. The Kier molecular flexibility index (Phi) is 7.20. The topological polar surface area (TPSA) is 99.4 Å². The van der Waals surface area contributed by atoms with Crippen LogP contribution in [-0.4, -0.2) is 47.1 Å². The van der Waals surface area contributed by atoms with Gasteiger partial charge in [-0.25, -0.2) is 18.6 Å². The van der Waals surface area contributed by atoms with E-state index in [0.29, 0.717) is 38.4 Å². The number of nitrogens with zero attached hydrogens (tertiary/aromatic N) is 4. The Balaban J connectivity index is 1.28. The zero-order valence-corrected chi connectivity index (χ0v) is 18.8. The second kappa shape index (κ2) is 10.3. The second-order valence-corrected chi connectivity index (χ2v) is 8.14. The molecule has 4 rings (SSSR count). The quantitative estimate of drug-likeness (QED) is 0.445. The summed E-state index contributed by atoms with van der Waals surface area (Å²) in [5, 5.41) is 5.03. The molecule has 13 heteroatoms. The van der Waals surface area contributed by atoms with Gasteiger partial charge in [-0.1, -0.05) is 12.1 Å². The van der Waals surface area contributed by atoms with Gasteiger partial charge in [0.1, 0.15) is 5.82 Å². The Morgan fingerprint density at radius 2 is 1.53 bits per heavy atom. The highest BCUT2D eigenvalue weighted by molar-refractivity contribution is 5.99. The summed E-state index contributed by atoms with van der Waals surface area (Å²) >= 11 is 0. The number of piperazine rings is 1. The van der Waals surface area contributed by atoms with Crippen molar-refractivity contribution in [1.82, 2.24) is 14.9 Å². The molecular weight excluding hydrogens is 485 g/mol. The SMILES string of the molecule is Nc1nc(N2CCN(Cc3ccc(NC(=O)Nc4ccc(F)c(F)c4)cc3)CC2)cc(C(F)(F)F)n1. The van der Waals surface area contributed by atoms with Gasteiger partial charge in [-0.3, -0.25) is 4.90 Å². The van der Waals surface area contributed by atoms with Crippen LogP contribution in [0.1, 0.15) is 11.3 Å². The van der Waals surface area contributed by atoms with E-state index in [4.69, 9.17) is 5.73 Å². The lowest BCUT2D eigenvalue weighted by Crippen LogP contribution is -2.46. The van der Waals surface area contributed by atoms with Crippen LogP contribution in [0.25, 0.3) is 0 Å². The van der Waals surface area contributed by atoms with Crippen LogP contribution in [0.2, 0.25) is 0 Å². The highest BCUT2D eigenvalue weighted by atomic mass is 19.4. The number of carbonyl (C=O) groups is 1. The summed E-state index contributed by atoms with van der Waals surface area (Å²) in [5.74, 6) is -2.35. The van der Waals surface area contributed by atoms with Crippen LogP contribution >= 0.6 is 0 Å². The molecule has 1 saturated heterocycles. The molecule has 1 aliphatic rings. The molecule has 1 fully saturated rings. The maximum Gasteiger partial charge on any atom is 0.433 e. The van der Waals surface area contributed by atoms with E-state index in [1.54, 1.807) is 17.0 Å². The first-order chi connectivity index (χ1) is 17.1. The number of carbonyl (C=O) groups excluding carboxylic acids is 1. The number of urea groups is 1. The minimum atomic E-state index is -4.60. The lowest BCUT2D eigenvalue weighted by molar-refractivity contribution is -0.141. The third kappa shape index (κ3) is 6.36. The van der Waals surface area contributed by atoms with Crippen molar-refractivity contribution < 1.29 is 26.7 Å². The third-order valence-corrected chi connectivity index (χ3v) is 5.51. The molecule has 1 aliphatic heterocycles. The third-order valence-electron chi connectivity index (χ3n) is 5.51. The fourth-order valence-electron chi connectivity index (χ4n) is 3.71. The van der Waals surface area contributed by atoms with Gasteiger partial charge in [-0.15, -0.1) is 0 Å². The zero-order valence-electron chi connectivity index (χ0n) is 18.8. The summed E-state index contributed by atoms with van der Waals surface area (Å²) in [6.45, 7) is 2.74. The van der Waals surface area contributed by atoms with Gasteiger partial charge >= 0.3 is 12.2 Å². The number of halogens is 5. The van der Waals surface area contributed by atoms with Crippen LogP contribution < -0.4 is 21.3 Å². The number of amides is 2. The molecule has 0 bridgehead atoms. The fourth-order valence-corrected chi connectivity index (χ4v) is 3.71. The monoisotopic (exact) mass is 507 g/mol. The minimum Gasteiger partial charge on any atom is -0.368 e. The number of nitrogen functional groups attached to an aromatic ring is 1. The first-order valence-electron chi connectivity index (χ1n) is 10.9. The number of rotatable bonds is 5. The summed E-state index contributed by atoms with van der Waals surface area (Å²) in [6, 6.07) is 10.4. The number of hydrogen-bond donors (Lipinski definition) is 3. The number of anilines is 4. The van der Waals surface area contributed by atoms with Gasteiger partial charge in [0.15, 0.2) is 17.3 Å². The van der Waals surface area contributed by atoms with Gasteiger partial charge in [0.2, 0.25) is 5.95 Å². The molecule has 2 heterocycles. The molecule has 0 aliphatic carbocycles. The first kappa shape index (κ1) is 25.1. The number of hydrogen-bond acceptors (Lipinski definition) is 6. The largest absolute Gasteiger partial charge is 0.433 e. The molecule has 0 atom stereocenters. The van der Waals surface area contributed by atoms with E-state index >= 15 is 0 Å². The van der Waals surface area contributed by atoms with Gasteiger partial charge < -0.3 is 21.3 Å². The Bertz CT molecular complexity index is 1230. The predicted molar refractivity (Wildman–Crippen MR) is 124 cm³/mol. The molecule has 2 aromatic carbocycles. The van der Waals surface area contributed by atoms with E-state index in [1.165, 1.54) is 6.07 Å². The fraction of sp³-hybridized carbons (Fsp3) is 0.261. The predicted octanol–water partition coefficient (Wildman–Crippen LogP) is 4.32. The number of nitrogens with one attached hydrogen (secondary N) is 2. The van der Waals surface area contributed by atoms with E-state index in [2.05, 4.69) is 25.5 Å². The van der Waals surface area contributed by atoms with Gasteiger partial charge in [0.05, 0.1) is 0 Å². The Labute approximate surface area is 202 Å². The summed E-state index contributed by atoms with van der Waals surface area (Å²) in [7, 11) is 0. The lowest BCUT2D eigenvalue weighted by Gasteiger charge is -2.35. The number of alkyl halides is 3. The summed E-state index contributed by atoms with van der Waals surface area (Å²) < 4.78 is 65.3. The van der Waals surface area contributed by atoms with E-state index in [0.717, 1.165) is 23.8 Å². The van der Waals surface area contributed by atoms with Crippen molar-refractivity contribution in [3.8, 4) is 0 Å². The first-order valence-corrected chi connectivity index (χ1v) is 10.9. The normalized spacial score (nSPS) is 14.5. The van der Waals surface area contributed by atoms with E-state index in [1.807, 2.05) is 12.1 Å². The summed E-state index contributed by atoms with van der Waals surface area (Å²) in [4.78, 5) is 23.2. The van der Waals surface area contributed by atoms with Gasteiger partial charge in [0.25, 0.3) is 0 Å².